The Morgan fingerprint density at radius 2 is 2.07 bits per heavy atom. The molecule has 0 radical (unpaired) electrons. The van der Waals surface area contributed by atoms with E-state index in [4.69, 9.17) is 5.11 Å². The first kappa shape index (κ1) is 12.0. The van der Waals surface area contributed by atoms with Crippen molar-refractivity contribution in [1.82, 2.24) is 5.32 Å². The van der Waals surface area contributed by atoms with Crippen molar-refractivity contribution in [3.8, 4) is 0 Å². The first-order valence-corrected chi connectivity index (χ1v) is 5.67. The lowest BCUT2D eigenvalue weighted by molar-refractivity contribution is 0.0844. The van der Waals surface area contributed by atoms with Crippen LogP contribution >= 0.6 is 0 Å². The van der Waals surface area contributed by atoms with Crippen LogP contribution < -0.4 is 5.32 Å². The molecule has 0 aromatic carbocycles. The SMILES string of the molecule is CC1CCCC(NC[C@H](O)CO)C1C. The second kappa shape index (κ2) is 5.69. The first-order valence-electron chi connectivity index (χ1n) is 5.67. The van der Waals surface area contributed by atoms with Gasteiger partial charge in [-0.1, -0.05) is 26.7 Å². The van der Waals surface area contributed by atoms with Gasteiger partial charge in [-0.25, -0.2) is 0 Å². The summed E-state index contributed by atoms with van der Waals surface area (Å²) in [5.41, 5.74) is 0. The molecular weight excluding hydrogens is 178 g/mol. The summed E-state index contributed by atoms with van der Waals surface area (Å²) in [6, 6.07) is 0.514. The summed E-state index contributed by atoms with van der Waals surface area (Å²) in [5, 5.41) is 21.3. The van der Waals surface area contributed by atoms with Crippen LogP contribution in [0.15, 0.2) is 0 Å². The zero-order valence-electron chi connectivity index (χ0n) is 9.24. The summed E-state index contributed by atoms with van der Waals surface area (Å²) in [5.74, 6) is 1.45. The molecule has 3 nitrogen and oxygen atoms in total. The van der Waals surface area contributed by atoms with E-state index in [9.17, 15) is 5.11 Å². The average Bonchev–Trinajstić information content (AvgIpc) is 2.20. The molecule has 0 heterocycles. The van der Waals surface area contributed by atoms with Crippen LogP contribution in [0.3, 0.4) is 0 Å². The fourth-order valence-corrected chi connectivity index (χ4v) is 2.22. The van der Waals surface area contributed by atoms with Crippen molar-refractivity contribution < 1.29 is 10.2 Å². The number of nitrogens with one attached hydrogen (secondary N) is 1. The minimum atomic E-state index is -0.612. The van der Waals surface area contributed by atoms with Crippen molar-refractivity contribution in [3.63, 3.8) is 0 Å². The van der Waals surface area contributed by atoms with Gasteiger partial charge in [0, 0.05) is 12.6 Å². The van der Waals surface area contributed by atoms with Crippen LogP contribution in [0.5, 0.6) is 0 Å². The Balaban J connectivity index is 2.28. The smallest absolute Gasteiger partial charge is 0.0895 e. The maximum Gasteiger partial charge on any atom is 0.0895 e. The van der Waals surface area contributed by atoms with Crippen molar-refractivity contribution >= 4 is 0 Å². The van der Waals surface area contributed by atoms with Crippen LogP contribution in [0.25, 0.3) is 0 Å². The Kier molecular flexibility index (Phi) is 4.85. The lowest BCUT2D eigenvalue weighted by Gasteiger charge is -2.35. The van der Waals surface area contributed by atoms with Crippen molar-refractivity contribution in [2.75, 3.05) is 13.2 Å². The first-order chi connectivity index (χ1) is 6.65. The van der Waals surface area contributed by atoms with Crippen LogP contribution in [0.1, 0.15) is 33.1 Å². The quantitative estimate of drug-likeness (QED) is 0.629. The molecule has 1 saturated carbocycles. The third-order valence-electron chi connectivity index (χ3n) is 3.53. The predicted octanol–water partition coefficient (Wildman–Crippen LogP) is 0.754. The van der Waals surface area contributed by atoms with Gasteiger partial charge in [-0.3, -0.25) is 0 Å². The molecule has 1 aliphatic rings. The molecule has 4 atom stereocenters. The summed E-state index contributed by atoms with van der Waals surface area (Å²) in [6.45, 7) is 4.93. The molecule has 0 saturated heterocycles. The van der Waals surface area contributed by atoms with E-state index < -0.39 is 6.10 Å². The van der Waals surface area contributed by atoms with Gasteiger partial charge in [-0.2, -0.15) is 0 Å². The lowest BCUT2D eigenvalue weighted by atomic mass is 9.78. The number of hydrogen-bond acceptors (Lipinski definition) is 3. The predicted molar refractivity (Wildman–Crippen MR) is 57.1 cm³/mol. The Morgan fingerprint density at radius 3 is 2.71 bits per heavy atom. The summed E-state index contributed by atoms with van der Waals surface area (Å²) in [6.07, 6.45) is 3.18. The molecule has 84 valence electrons. The monoisotopic (exact) mass is 201 g/mol. The van der Waals surface area contributed by atoms with Crippen molar-refractivity contribution in [2.45, 2.75) is 45.3 Å². The summed E-state index contributed by atoms with van der Waals surface area (Å²) in [4.78, 5) is 0. The van der Waals surface area contributed by atoms with Gasteiger partial charge in [0.15, 0.2) is 0 Å². The molecule has 0 bridgehead atoms. The highest BCUT2D eigenvalue weighted by Gasteiger charge is 2.26. The highest BCUT2D eigenvalue weighted by molar-refractivity contribution is 4.82. The van der Waals surface area contributed by atoms with Crippen molar-refractivity contribution in [2.24, 2.45) is 11.8 Å². The molecule has 0 aromatic rings. The van der Waals surface area contributed by atoms with Gasteiger partial charge in [0.05, 0.1) is 12.7 Å². The van der Waals surface area contributed by atoms with Crippen LogP contribution in [0.2, 0.25) is 0 Å². The molecule has 1 fully saturated rings. The molecule has 3 N–H and O–H groups in total. The third-order valence-corrected chi connectivity index (χ3v) is 3.53. The van der Waals surface area contributed by atoms with Crippen molar-refractivity contribution in [1.29, 1.82) is 0 Å². The van der Waals surface area contributed by atoms with Crippen LogP contribution in [-0.2, 0) is 0 Å². The van der Waals surface area contributed by atoms with Gasteiger partial charge in [0.1, 0.15) is 0 Å². The number of aliphatic hydroxyl groups excluding tert-OH is 2. The van der Waals surface area contributed by atoms with Crippen LogP contribution in [-0.4, -0.2) is 35.5 Å². The Bertz CT molecular complexity index is 163. The minimum absolute atomic E-state index is 0.149. The third kappa shape index (κ3) is 3.23. The Labute approximate surface area is 86.5 Å². The summed E-state index contributed by atoms with van der Waals surface area (Å²) in [7, 11) is 0. The highest BCUT2D eigenvalue weighted by atomic mass is 16.3. The summed E-state index contributed by atoms with van der Waals surface area (Å²) >= 11 is 0. The minimum Gasteiger partial charge on any atom is -0.394 e. The fourth-order valence-electron chi connectivity index (χ4n) is 2.22. The van der Waals surface area contributed by atoms with E-state index >= 15 is 0 Å². The molecule has 0 aromatic heterocycles. The fraction of sp³-hybridized carbons (Fsp3) is 1.00. The zero-order chi connectivity index (χ0) is 10.6. The van der Waals surface area contributed by atoms with E-state index in [1.54, 1.807) is 0 Å². The zero-order valence-corrected chi connectivity index (χ0v) is 9.24. The molecule has 3 unspecified atom stereocenters. The standard InChI is InChI=1S/C11H23NO2/c1-8-4-3-5-11(9(8)2)12-6-10(14)7-13/h8-14H,3-7H2,1-2H3/t8?,9?,10-,11?/m0/s1. The molecule has 0 aliphatic heterocycles. The van der Waals surface area contributed by atoms with Gasteiger partial charge in [0.2, 0.25) is 0 Å². The maximum atomic E-state index is 9.23. The second-order valence-corrected chi connectivity index (χ2v) is 4.62. The van der Waals surface area contributed by atoms with Gasteiger partial charge >= 0.3 is 0 Å². The van der Waals surface area contributed by atoms with E-state index in [2.05, 4.69) is 19.2 Å². The van der Waals surface area contributed by atoms with Crippen molar-refractivity contribution in [3.05, 3.63) is 0 Å². The Morgan fingerprint density at radius 1 is 1.36 bits per heavy atom. The number of rotatable bonds is 4. The number of aliphatic hydroxyl groups is 2. The van der Waals surface area contributed by atoms with Gasteiger partial charge in [0.25, 0.3) is 0 Å². The van der Waals surface area contributed by atoms with Gasteiger partial charge in [-0.15, -0.1) is 0 Å². The molecule has 1 rings (SSSR count). The molecule has 14 heavy (non-hydrogen) atoms. The summed E-state index contributed by atoms with van der Waals surface area (Å²) < 4.78 is 0. The normalized spacial score (nSPS) is 35.6. The van der Waals surface area contributed by atoms with E-state index in [0.717, 1.165) is 5.92 Å². The molecule has 0 amide bonds. The van der Waals surface area contributed by atoms with E-state index in [-0.39, 0.29) is 6.61 Å². The molecule has 1 aliphatic carbocycles. The van der Waals surface area contributed by atoms with Crippen LogP contribution in [0.4, 0.5) is 0 Å². The molecular formula is C11H23NO2. The largest absolute Gasteiger partial charge is 0.394 e. The van der Waals surface area contributed by atoms with Crippen LogP contribution in [0, 0.1) is 11.8 Å². The van der Waals surface area contributed by atoms with E-state index in [1.807, 2.05) is 0 Å². The maximum absolute atomic E-state index is 9.23. The Hall–Kier alpha value is -0.120. The number of hydrogen-bond donors (Lipinski definition) is 3. The second-order valence-electron chi connectivity index (χ2n) is 4.62. The molecule has 3 heteroatoms. The van der Waals surface area contributed by atoms with Gasteiger partial charge < -0.3 is 15.5 Å². The molecule has 0 spiro atoms. The lowest BCUT2D eigenvalue weighted by Crippen LogP contribution is -2.44. The van der Waals surface area contributed by atoms with Gasteiger partial charge in [-0.05, 0) is 18.3 Å². The highest BCUT2D eigenvalue weighted by Crippen LogP contribution is 2.29. The van der Waals surface area contributed by atoms with E-state index in [0.29, 0.717) is 18.5 Å². The topological polar surface area (TPSA) is 52.5 Å². The van der Waals surface area contributed by atoms with E-state index in [1.165, 1.54) is 19.3 Å². The average molecular weight is 201 g/mol.